The van der Waals surface area contributed by atoms with E-state index in [0.717, 1.165) is 11.1 Å². The second-order valence-corrected chi connectivity index (χ2v) is 6.30. The molecule has 0 saturated carbocycles. The third-order valence-electron chi connectivity index (χ3n) is 3.21. The van der Waals surface area contributed by atoms with Crippen molar-refractivity contribution in [3.05, 3.63) is 57.3 Å². The highest BCUT2D eigenvalue weighted by Gasteiger charge is 2.22. The van der Waals surface area contributed by atoms with Crippen LogP contribution >= 0.6 is 31.9 Å². The van der Waals surface area contributed by atoms with E-state index < -0.39 is 0 Å². The van der Waals surface area contributed by atoms with E-state index in [1.54, 1.807) is 20.3 Å². The van der Waals surface area contributed by atoms with Crippen molar-refractivity contribution < 1.29 is 13.9 Å². The lowest BCUT2D eigenvalue weighted by Crippen LogP contribution is -2.01. The van der Waals surface area contributed by atoms with Crippen LogP contribution in [-0.2, 0) is 0 Å². The molecule has 1 atom stereocenters. The molecule has 1 unspecified atom stereocenters. The maximum Gasteiger partial charge on any atom is 0.141 e. The van der Waals surface area contributed by atoms with Crippen LogP contribution in [0.4, 0.5) is 4.39 Å². The lowest BCUT2D eigenvalue weighted by atomic mass is 10.0. The Kier molecular flexibility index (Phi) is 5.27. The molecule has 2 aromatic carbocycles. The predicted octanol–water partition coefficient (Wildman–Crippen LogP) is 5.40. The van der Waals surface area contributed by atoms with Gasteiger partial charge in [-0.2, -0.15) is 0 Å². The Balaban J connectivity index is 2.55. The van der Waals surface area contributed by atoms with Crippen LogP contribution in [0.5, 0.6) is 11.5 Å². The van der Waals surface area contributed by atoms with Gasteiger partial charge in [-0.25, -0.2) is 4.39 Å². The normalized spacial score (nSPS) is 12.1. The Morgan fingerprint density at radius 3 is 2.38 bits per heavy atom. The molecular formula is C16H15Br2FO2. The van der Waals surface area contributed by atoms with Gasteiger partial charge in [0, 0.05) is 11.1 Å². The molecule has 0 fully saturated rings. The highest BCUT2D eigenvalue weighted by atomic mass is 79.9. The summed E-state index contributed by atoms with van der Waals surface area (Å²) >= 11 is 7.03. The van der Waals surface area contributed by atoms with E-state index in [2.05, 4.69) is 31.9 Å². The van der Waals surface area contributed by atoms with Crippen LogP contribution in [0.25, 0.3) is 0 Å². The SMILES string of the molecule is COc1ccc(C(Br)c2cc(C)ccc2F)c(OC)c1Br. The topological polar surface area (TPSA) is 18.5 Å². The van der Waals surface area contributed by atoms with Gasteiger partial charge in [-0.05, 0) is 35.0 Å². The molecular weight excluding hydrogens is 403 g/mol. The third-order valence-corrected chi connectivity index (χ3v) is 4.95. The third kappa shape index (κ3) is 3.24. The number of ether oxygens (including phenoxy) is 2. The van der Waals surface area contributed by atoms with E-state index in [-0.39, 0.29) is 10.6 Å². The molecule has 0 radical (unpaired) electrons. The van der Waals surface area contributed by atoms with Gasteiger partial charge in [-0.1, -0.05) is 39.7 Å². The van der Waals surface area contributed by atoms with Crippen LogP contribution in [0.1, 0.15) is 21.5 Å². The van der Waals surface area contributed by atoms with Gasteiger partial charge in [0.05, 0.1) is 19.0 Å². The standard InChI is InChI=1S/C16H15Br2FO2/c1-9-4-6-12(19)11(8-9)14(17)10-5-7-13(20-2)15(18)16(10)21-3/h4-8,14H,1-3H3. The Morgan fingerprint density at radius 2 is 1.76 bits per heavy atom. The largest absolute Gasteiger partial charge is 0.495 e. The Morgan fingerprint density at radius 1 is 1.05 bits per heavy atom. The van der Waals surface area contributed by atoms with Crippen molar-refractivity contribution in [2.75, 3.05) is 14.2 Å². The van der Waals surface area contributed by atoms with Crippen molar-refractivity contribution in [2.45, 2.75) is 11.8 Å². The van der Waals surface area contributed by atoms with Gasteiger partial charge < -0.3 is 9.47 Å². The van der Waals surface area contributed by atoms with Gasteiger partial charge in [-0.15, -0.1) is 0 Å². The number of halogens is 3. The van der Waals surface area contributed by atoms with Crippen molar-refractivity contribution in [1.82, 2.24) is 0 Å². The van der Waals surface area contributed by atoms with Crippen molar-refractivity contribution in [2.24, 2.45) is 0 Å². The monoisotopic (exact) mass is 416 g/mol. The van der Waals surface area contributed by atoms with E-state index in [9.17, 15) is 4.39 Å². The number of hydrogen-bond donors (Lipinski definition) is 0. The molecule has 0 saturated heterocycles. The molecule has 0 N–H and O–H groups in total. The fraction of sp³-hybridized carbons (Fsp3) is 0.250. The summed E-state index contributed by atoms with van der Waals surface area (Å²) in [6, 6.07) is 8.74. The number of hydrogen-bond acceptors (Lipinski definition) is 2. The second kappa shape index (κ2) is 6.79. The fourth-order valence-corrected chi connectivity index (χ4v) is 3.54. The summed E-state index contributed by atoms with van der Waals surface area (Å²) in [7, 11) is 3.17. The fourth-order valence-electron chi connectivity index (χ4n) is 2.14. The molecule has 5 heteroatoms. The number of benzene rings is 2. The molecule has 0 aromatic heterocycles. The van der Waals surface area contributed by atoms with Gasteiger partial charge in [0.1, 0.15) is 21.8 Å². The van der Waals surface area contributed by atoms with E-state index in [1.165, 1.54) is 6.07 Å². The second-order valence-electron chi connectivity index (χ2n) is 4.59. The van der Waals surface area contributed by atoms with Gasteiger partial charge in [-0.3, -0.25) is 0 Å². The summed E-state index contributed by atoms with van der Waals surface area (Å²) in [4.78, 5) is -0.311. The van der Waals surface area contributed by atoms with Crippen LogP contribution in [0.3, 0.4) is 0 Å². The summed E-state index contributed by atoms with van der Waals surface area (Å²) in [5.41, 5.74) is 2.41. The van der Waals surface area contributed by atoms with Gasteiger partial charge in [0.25, 0.3) is 0 Å². The van der Waals surface area contributed by atoms with Crippen molar-refractivity contribution in [3.8, 4) is 11.5 Å². The van der Waals surface area contributed by atoms with E-state index in [1.807, 2.05) is 25.1 Å². The van der Waals surface area contributed by atoms with E-state index in [0.29, 0.717) is 21.5 Å². The van der Waals surface area contributed by atoms with Gasteiger partial charge in [0.15, 0.2) is 0 Å². The molecule has 2 nitrogen and oxygen atoms in total. The molecule has 2 aromatic rings. The molecule has 2 rings (SSSR count). The van der Waals surface area contributed by atoms with Crippen LogP contribution < -0.4 is 9.47 Å². The first-order valence-electron chi connectivity index (χ1n) is 6.30. The predicted molar refractivity (Wildman–Crippen MR) is 89.2 cm³/mol. The molecule has 0 aliphatic rings. The molecule has 21 heavy (non-hydrogen) atoms. The maximum atomic E-state index is 14.1. The summed E-state index contributed by atoms with van der Waals surface area (Å²) in [5, 5.41) is 0. The van der Waals surface area contributed by atoms with Crippen molar-refractivity contribution >= 4 is 31.9 Å². The average molecular weight is 418 g/mol. The number of alkyl halides is 1. The minimum atomic E-state index is -0.311. The molecule has 0 aliphatic heterocycles. The first-order chi connectivity index (χ1) is 9.99. The minimum absolute atomic E-state index is 0.253. The highest BCUT2D eigenvalue weighted by molar-refractivity contribution is 9.10. The molecule has 0 amide bonds. The lowest BCUT2D eigenvalue weighted by Gasteiger charge is -2.18. The summed E-state index contributed by atoms with van der Waals surface area (Å²) in [6.07, 6.45) is 0. The van der Waals surface area contributed by atoms with Crippen LogP contribution in [0.2, 0.25) is 0 Å². The number of rotatable bonds is 4. The van der Waals surface area contributed by atoms with Crippen LogP contribution in [0.15, 0.2) is 34.8 Å². The van der Waals surface area contributed by atoms with Crippen LogP contribution in [0, 0.1) is 12.7 Å². The van der Waals surface area contributed by atoms with Gasteiger partial charge in [0.2, 0.25) is 0 Å². The minimum Gasteiger partial charge on any atom is -0.495 e. The summed E-state index contributed by atoms with van der Waals surface area (Å²) in [6.45, 7) is 1.93. The number of aryl methyl sites for hydroxylation is 1. The lowest BCUT2D eigenvalue weighted by molar-refractivity contribution is 0.386. The first-order valence-corrected chi connectivity index (χ1v) is 8.01. The molecule has 0 aliphatic carbocycles. The smallest absolute Gasteiger partial charge is 0.141 e. The first kappa shape index (κ1) is 16.3. The maximum absolute atomic E-state index is 14.1. The summed E-state index contributed by atoms with van der Waals surface area (Å²) < 4.78 is 25.5. The quantitative estimate of drug-likeness (QED) is 0.620. The Labute approximate surface area is 140 Å². The Bertz CT molecular complexity index is 659. The van der Waals surface area contributed by atoms with Gasteiger partial charge >= 0.3 is 0 Å². The molecule has 112 valence electrons. The van der Waals surface area contributed by atoms with Crippen molar-refractivity contribution in [1.29, 1.82) is 0 Å². The van der Waals surface area contributed by atoms with E-state index >= 15 is 0 Å². The van der Waals surface area contributed by atoms with Crippen LogP contribution in [-0.4, -0.2) is 14.2 Å². The molecule has 0 bridgehead atoms. The zero-order valence-electron chi connectivity index (χ0n) is 11.9. The molecule has 0 heterocycles. The molecule has 0 spiro atoms. The van der Waals surface area contributed by atoms with Crippen molar-refractivity contribution in [3.63, 3.8) is 0 Å². The number of methoxy groups -OCH3 is 2. The highest BCUT2D eigenvalue weighted by Crippen LogP contribution is 2.44. The zero-order chi connectivity index (χ0) is 15.6. The summed E-state index contributed by atoms with van der Waals surface area (Å²) in [5.74, 6) is 1.04. The Hall–Kier alpha value is -1.07. The zero-order valence-corrected chi connectivity index (χ0v) is 15.1. The average Bonchev–Trinajstić information content (AvgIpc) is 2.48. The van der Waals surface area contributed by atoms with E-state index in [4.69, 9.17) is 9.47 Å².